The number of hydrogen-bond donors (Lipinski definition) is 0. The molecule has 136 valence electrons. The standard InChI is InChI=1S/C22H25NO2S/c1-4-6-15-26-17-13-11-16(12-14-17)20-18-9-7-8-10-19(18)23(3)21(20)22(24)25-5-2/h7-14H,4-6,15H2,1-3H3. The van der Waals surface area contributed by atoms with Crippen LogP contribution in [-0.4, -0.2) is 22.9 Å². The van der Waals surface area contributed by atoms with Gasteiger partial charge >= 0.3 is 5.97 Å². The minimum atomic E-state index is -0.275. The topological polar surface area (TPSA) is 31.2 Å². The van der Waals surface area contributed by atoms with Gasteiger partial charge in [0.1, 0.15) is 5.69 Å². The number of nitrogens with zero attached hydrogens (tertiary/aromatic N) is 1. The highest BCUT2D eigenvalue weighted by atomic mass is 32.2. The third-order valence-corrected chi connectivity index (χ3v) is 5.58. The van der Waals surface area contributed by atoms with Crippen molar-refractivity contribution in [3.63, 3.8) is 0 Å². The number of fused-ring (bicyclic) bond motifs is 1. The van der Waals surface area contributed by atoms with Crippen molar-refractivity contribution in [2.75, 3.05) is 12.4 Å². The van der Waals surface area contributed by atoms with E-state index in [1.807, 2.05) is 48.5 Å². The van der Waals surface area contributed by atoms with Gasteiger partial charge in [-0.25, -0.2) is 4.79 Å². The van der Waals surface area contributed by atoms with Crippen LogP contribution < -0.4 is 0 Å². The van der Waals surface area contributed by atoms with Gasteiger partial charge in [0.2, 0.25) is 0 Å². The average Bonchev–Trinajstić information content (AvgIpc) is 2.96. The van der Waals surface area contributed by atoms with Crippen LogP contribution in [0, 0.1) is 0 Å². The molecule has 0 N–H and O–H groups in total. The molecule has 3 nitrogen and oxygen atoms in total. The van der Waals surface area contributed by atoms with Gasteiger partial charge < -0.3 is 9.30 Å². The van der Waals surface area contributed by atoms with Crippen molar-refractivity contribution in [1.29, 1.82) is 0 Å². The first-order valence-corrected chi connectivity index (χ1v) is 10.1. The van der Waals surface area contributed by atoms with Crippen molar-refractivity contribution < 1.29 is 9.53 Å². The molecule has 0 atom stereocenters. The molecule has 4 heteroatoms. The first-order chi connectivity index (χ1) is 12.7. The number of rotatable bonds is 7. The molecule has 0 spiro atoms. The molecule has 0 radical (unpaired) electrons. The fourth-order valence-electron chi connectivity index (χ4n) is 3.18. The maximum absolute atomic E-state index is 12.6. The lowest BCUT2D eigenvalue weighted by molar-refractivity contribution is 0.0517. The molecule has 3 rings (SSSR count). The summed E-state index contributed by atoms with van der Waals surface area (Å²) in [5.74, 6) is 0.862. The number of thioether (sulfide) groups is 1. The molecule has 3 aromatic rings. The number of aryl methyl sites for hydroxylation is 1. The monoisotopic (exact) mass is 367 g/mol. The van der Waals surface area contributed by atoms with E-state index >= 15 is 0 Å². The van der Waals surface area contributed by atoms with E-state index in [1.165, 1.54) is 17.7 Å². The van der Waals surface area contributed by atoms with E-state index in [4.69, 9.17) is 4.74 Å². The van der Waals surface area contributed by atoms with E-state index in [9.17, 15) is 4.79 Å². The maximum atomic E-state index is 12.6. The van der Waals surface area contributed by atoms with E-state index in [0.717, 1.165) is 27.8 Å². The Hall–Kier alpha value is -2.20. The zero-order valence-electron chi connectivity index (χ0n) is 15.6. The number of esters is 1. The van der Waals surface area contributed by atoms with Crippen LogP contribution in [0.4, 0.5) is 0 Å². The Bertz CT molecular complexity index is 896. The summed E-state index contributed by atoms with van der Waals surface area (Å²) >= 11 is 1.88. The third-order valence-electron chi connectivity index (χ3n) is 4.49. The lowest BCUT2D eigenvalue weighted by Crippen LogP contribution is -2.11. The van der Waals surface area contributed by atoms with Gasteiger partial charge in [-0.05, 0) is 42.9 Å². The molecule has 0 amide bonds. The van der Waals surface area contributed by atoms with Crippen LogP contribution in [-0.2, 0) is 11.8 Å². The number of carbonyl (C=O) groups is 1. The Kier molecular flexibility index (Phi) is 6.04. The lowest BCUT2D eigenvalue weighted by Gasteiger charge is -2.08. The number of para-hydroxylation sites is 1. The minimum Gasteiger partial charge on any atom is -0.461 e. The van der Waals surface area contributed by atoms with Crippen LogP contribution in [0.2, 0.25) is 0 Å². The molecular weight excluding hydrogens is 342 g/mol. The minimum absolute atomic E-state index is 0.275. The smallest absolute Gasteiger partial charge is 0.355 e. The largest absolute Gasteiger partial charge is 0.461 e. The van der Waals surface area contributed by atoms with Crippen LogP contribution in [0.1, 0.15) is 37.2 Å². The van der Waals surface area contributed by atoms with Crippen LogP contribution in [0.15, 0.2) is 53.4 Å². The third kappa shape index (κ3) is 3.65. The van der Waals surface area contributed by atoms with Crippen molar-refractivity contribution in [3.8, 4) is 11.1 Å². The Morgan fingerprint density at radius 2 is 1.81 bits per heavy atom. The van der Waals surface area contributed by atoms with Gasteiger partial charge in [-0.15, -0.1) is 11.8 Å². The van der Waals surface area contributed by atoms with Crippen molar-refractivity contribution in [1.82, 2.24) is 4.57 Å². The molecule has 0 saturated carbocycles. The first-order valence-electron chi connectivity index (χ1n) is 9.15. The molecule has 0 fully saturated rings. The number of hydrogen-bond acceptors (Lipinski definition) is 3. The molecule has 1 heterocycles. The Morgan fingerprint density at radius 1 is 1.08 bits per heavy atom. The van der Waals surface area contributed by atoms with Crippen molar-refractivity contribution in [2.24, 2.45) is 7.05 Å². The highest BCUT2D eigenvalue weighted by molar-refractivity contribution is 7.99. The van der Waals surface area contributed by atoms with E-state index in [0.29, 0.717) is 12.3 Å². The van der Waals surface area contributed by atoms with Crippen molar-refractivity contribution >= 4 is 28.6 Å². The van der Waals surface area contributed by atoms with E-state index < -0.39 is 0 Å². The first kappa shape index (κ1) is 18.6. The molecular formula is C22H25NO2S. The summed E-state index contributed by atoms with van der Waals surface area (Å²) in [5, 5.41) is 1.07. The summed E-state index contributed by atoms with van der Waals surface area (Å²) in [6.07, 6.45) is 2.44. The van der Waals surface area contributed by atoms with Crippen LogP contribution in [0.25, 0.3) is 22.0 Å². The lowest BCUT2D eigenvalue weighted by atomic mass is 10.0. The number of benzene rings is 2. The second-order valence-corrected chi connectivity index (χ2v) is 7.41. The number of aromatic nitrogens is 1. The number of carbonyl (C=O) groups excluding carboxylic acids is 1. The highest BCUT2D eigenvalue weighted by Crippen LogP contribution is 2.35. The van der Waals surface area contributed by atoms with E-state index in [1.54, 1.807) is 0 Å². The van der Waals surface area contributed by atoms with Gasteiger partial charge in [-0.1, -0.05) is 43.7 Å². The zero-order valence-corrected chi connectivity index (χ0v) is 16.4. The molecule has 0 aliphatic rings. The van der Waals surface area contributed by atoms with Crippen molar-refractivity contribution in [3.05, 3.63) is 54.2 Å². The summed E-state index contributed by atoms with van der Waals surface area (Å²) in [6, 6.07) is 16.6. The number of unbranched alkanes of at least 4 members (excludes halogenated alkanes) is 1. The molecule has 0 unspecified atom stereocenters. The Balaban J connectivity index is 2.06. The van der Waals surface area contributed by atoms with Crippen LogP contribution in [0.5, 0.6) is 0 Å². The van der Waals surface area contributed by atoms with Crippen LogP contribution in [0.3, 0.4) is 0 Å². The van der Waals surface area contributed by atoms with Crippen LogP contribution >= 0.6 is 11.8 Å². The molecule has 0 bridgehead atoms. The summed E-state index contributed by atoms with van der Waals surface area (Å²) < 4.78 is 7.26. The average molecular weight is 368 g/mol. The molecule has 26 heavy (non-hydrogen) atoms. The second-order valence-electron chi connectivity index (χ2n) is 6.25. The molecule has 0 aliphatic heterocycles. The summed E-state index contributed by atoms with van der Waals surface area (Å²) in [5.41, 5.74) is 3.64. The fourth-order valence-corrected chi connectivity index (χ4v) is 4.17. The SMILES string of the molecule is CCCCSc1ccc(-c2c(C(=O)OCC)n(C)c3ccccc23)cc1. The fraction of sp³-hybridized carbons (Fsp3) is 0.318. The van der Waals surface area contributed by atoms with Gasteiger partial charge in [-0.2, -0.15) is 0 Å². The molecule has 1 aromatic heterocycles. The molecule has 2 aromatic carbocycles. The predicted octanol–water partition coefficient (Wildman–Crippen LogP) is 5.91. The second kappa shape index (κ2) is 8.45. The van der Waals surface area contributed by atoms with Gasteiger partial charge in [0.05, 0.1) is 6.61 Å². The van der Waals surface area contributed by atoms with Crippen molar-refractivity contribution in [2.45, 2.75) is 31.6 Å². The van der Waals surface area contributed by atoms with E-state index in [2.05, 4.69) is 37.3 Å². The van der Waals surface area contributed by atoms with Gasteiger partial charge in [-0.3, -0.25) is 0 Å². The zero-order chi connectivity index (χ0) is 18.5. The predicted molar refractivity (Wildman–Crippen MR) is 110 cm³/mol. The van der Waals surface area contributed by atoms with E-state index in [-0.39, 0.29) is 5.97 Å². The molecule has 0 aliphatic carbocycles. The summed E-state index contributed by atoms with van der Waals surface area (Å²) in [4.78, 5) is 13.9. The molecule has 0 saturated heterocycles. The van der Waals surface area contributed by atoms with Gasteiger partial charge in [0.15, 0.2) is 0 Å². The quantitative estimate of drug-likeness (QED) is 0.295. The summed E-state index contributed by atoms with van der Waals surface area (Å²) in [7, 11) is 1.92. The van der Waals surface area contributed by atoms with Gasteiger partial charge in [0, 0.05) is 28.4 Å². The number of ether oxygens (including phenoxy) is 1. The Morgan fingerprint density at radius 3 is 2.50 bits per heavy atom. The summed E-state index contributed by atoms with van der Waals surface area (Å²) in [6.45, 7) is 4.41. The highest BCUT2D eigenvalue weighted by Gasteiger charge is 2.23. The van der Waals surface area contributed by atoms with Gasteiger partial charge in [0.25, 0.3) is 0 Å². The normalized spacial score (nSPS) is 11.0. The maximum Gasteiger partial charge on any atom is 0.355 e. The Labute approximate surface area is 159 Å².